The smallest absolute Gasteiger partial charge is 0.429 e. The van der Waals surface area contributed by atoms with Crippen molar-refractivity contribution in [2.45, 2.75) is 70.8 Å². The highest BCUT2D eigenvalue weighted by Gasteiger charge is 2.36. The minimum atomic E-state index is -0.767. The number of carbonyl (C=O) groups is 2. The third-order valence-electron chi connectivity index (χ3n) is 6.75. The van der Waals surface area contributed by atoms with Gasteiger partial charge in [-0.1, -0.05) is 48.4 Å². The Kier molecular flexibility index (Phi) is 8.95. The molecule has 1 amide bonds. The van der Waals surface area contributed by atoms with Gasteiger partial charge in [0.05, 0.1) is 30.4 Å². The number of hydrogen-bond donors (Lipinski definition) is 0. The van der Waals surface area contributed by atoms with Gasteiger partial charge >= 0.3 is 6.16 Å². The van der Waals surface area contributed by atoms with Crippen LogP contribution < -0.4 is 0 Å². The fourth-order valence-electron chi connectivity index (χ4n) is 4.68. The van der Waals surface area contributed by atoms with E-state index < -0.39 is 6.16 Å². The molecule has 0 bridgehead atoms. The number of ether oxygens (including phenoxy) is 3. The maximum absolute atomic E-state index is 12.7. The zero-order valence-corrected chi connectivity index (χ0v) is 21.0. The lowest BCUT2D eigenvalue weighted by atomic mass is 9.99. The van der Waals surface area contributed by atoms with Gasteiger partial charge in [0.2, 0.25) is 5.91 Å². The molecule has 9 nitrogen and oxygen atoms in total. The van der Waals surface area contributed by atoms with Crippen molar-refractivity contribution in [1.29, 1.82) is 0 Å². The van der Waals surface area contributed by atoms with Gasteiger partial charge in [-0.05, 0) is 50.5 Å². The van der Waals surface area contributed by atoms with E-state index in [-0.39, 0.29) is 43.3 Å². The third kappa shape index (κ3) is 7.08. The van der Waals surface area contributed by atoms with Crippen LogP contribution in [0.25, 0.3) is 0 Å². The molecule has 2 saturated heterocycles. The molecule has 36 heavy (non-hydrogen) atoms. The predicted octanol–water partition coefficient (Wildman–Crippen LogP) is 3.74. The van der Waals surface area contributed by atoms with Crippen LogP contribution in [0.15, 0.2) is 36.5 Å². The van der Waals surface area contributed by atoms with Gasteiger partial charge in [0.25, 0.3) is 0 Å². The fraction of sp³-hybridized carbons (Fsp3) is 0.556. The van der Waals surface area contributed by atoms with Crippen LogP contribution in [-0.2, 0) is 25.6 Å². The van der Waals surface area contributed by atoms with Gasteiger partial charge in [0.1, 0.15) is 6.61 Å². The van der Waals surface area contributed by atoms with E-state index in [1.807, 2.05) is 42.2 Å². The maximum atomic E-state index is 12.7. The van der Waals surface area contributed by atoms with Crippen molar-refractivity contribution in [2.24, 2.45) is 5.92 Å². The number of amides is 1. The van der Waals surface area contributed by atoms with E-state index in [0.29, 0.717) is 5.69 Å². The molecule has 4 atom stereocenters. The molecule has 0 radical (unpaired) electrons. The van der Waals surface area contributed by atoms with Gasteiger partial charge in [0.15, 0.2) is 12.3 Å². The van der Waals surface area contributed by atoms with Crippen LogP contribution in [0, 0.1) is 17.8 Å². The normalized spacial score (nSPS) is 20.9. The second-order valence-corrected chi connectivity index (χ2v) is 9.48. The summed E-state index contributed by atoms with van der Waals surface area (Å²) in [6, 6.07) is 9.45. The van der Waals surface area contributed by atoms with Crippen molar-refractivity contribution >= 4 is 12.1 Å². The Morgan fingerprint density at radius 3 is 2.69 bits per heavy atom. The Bertz CT molecular complexity index is 1070. The Balaban J connectivity index is 1.17. The van der Waals surface area contributed by atoms with Crippen LogP contribution in [0.4, 0.5) is 4.79 Å². The average Bonchev–Trinajstić information content (AvgIpc) is 3.67. The van der Waals surface area contributed by atoms with E-state index in [4.69, 9.17) is 14.2 Å². The first kappa shape index (κ1) is 25.7. The number of nitrogens with zero attached hydrogens (tertiary/aromatic N) is 4. The standard InChI is InChI=1S/C27H34N4O5/c1-20(17-24-12-13-25(36-24)21(2)26(32)30-14-6-7-15-30)31-18-23(28-29-31)11-8-16-34-27(33)35-19-22-9-4-3-5-10-22/h3-5,9-10,18,20-21,24-25H,6-7,12-17,19H2,1-2H3/t20-,21-,24+,25-/m1/s1. The van der Waals surface area contributed by atoms with Crippen molar-refractivity contribution in [3.05, 3.63) is 47.8 Å². The Hall–Kier alpha value is -3.38. The molecular weight excluding hydrogens is 460 g/mol. The van der Waals surface area contributed by atoms with Gasteiger partial charge in [-0.15, -0.1) is 5.10 Å². The summed E-state index contributed by atoms with van der Waals surface area (Å²) < 4.78 is 18.0. The zero-order valence-electron chi connectivity index (χ0n) is 21.0. The van der Waals surface area contributed by atoms with E-state index in [2.05, 4.69) is 29.1 Å². The topological polar surface area (TPSA) is 95.8 Å². The molecule has 0 aliphatic carbocycles. The Morgan fingerprint density at radius 2 is 1.92 bits per heavy atom. The highest BCUT2D eigenvalue weighted by atomic mass is 16.7. The molecular formula is C27H34N4O5. The first-order chi connectivity index (χ1) is 17.5. The lowest BCUT2D eigenvalue weighted by molar-refractivity contribution is -0.138. The SMILES string of the molecule is C[C@H](C[C@@H]1CC[C@H]([C@@H](C)C(=O)N2CCCC2)O1)n1cc(C#CCOC(=O)OCc2ccccc2)nn1. The molecule has 9 heteroatoms. The summed E-state index contributed by atoms with van der Waals surface area (Å²) in [5.74, 6) is 5.73. The number of aromatic nitrogens is 3. The monoisotopic (exact) mass is 494 g/mol. The molecule has 192 valence electrons. The van der Waals surface area contributed by atoms with Gasteiger partial charge in [0, 0.05) is 13.1 Å². The van der Waals surface area contributed by atoms with Crippen LogP contribution in [0.5, 0.6) is 0 Å². The molecule has 0 N–H and O–H groups in total. The summed E-state index contributed by atoms with van der Waals surface area (Å²) in [7, 11) is 0. The van der Waals surface area contributed by atoms with Crippen molar-refractivity contribution < 1.29 is 23.8 Å². The summed E-state index contributed by atoms with van der Waals surface area (Å²) in [5, 5.41) is 8.28. The summed E-state index contributed by atoms with van der Waals surface area (Å²) in [6.45, 7) is 5.86. The van der Waals surface area contributed by atoms with Gasteiger partial charge in [-0.2, -0.15) is 0 Å². The van der Waals surface area contributed by atoms with E-state index >= 15 is 0 Å². The number of rotatable bonds is 8. The number of likely N-dealkylation sites (tertiary alicyclic amines) is 1. The highest BCUT2D eigenvalue weighted by Crippen LogP contribution is 2.31. The van der Waals surface area contributed by atoms with Crippen LogP contribution in [0.3, 0.4) is 0 Å². The van der Waals surface area contributed by atoms with E-state index in [1.54, 1.807) is 10.9 Å². The number of hydrogen-bond acceptors (Lipinski definition) is 7. The van der Waals surface area contributed by atoms with E-state index in [9.17, 15) is 9.59 Å². The molecule has 4 rings (SSSR count). The molecule has 1 aromatic carbocycles. The lowest BCUT2D eigenvalue weighted by Crippen LogP contribution is -2.38. The molecule has 3 heterocycles. The Morgan fingerprint density at radius 1 is 1.14 bits per heavy atom. The van der Waals surface area contributed by atoms with Crippen LogP contribution in [-0.4, -0.2) is 63.9 Å². The fourth-order valence-corrected chi connectivity index (χ4v) is 4.68. The summed E-state index contributed by atoms with van der Waals surface area (Å²) in [5.41, 5.74) is 1.38. The number of carbonyl (C=O) groups excluding carboxylic acids is 2. The first-order valence-corrected chi connectivity index (χ1v) is 12.7. The van der Waals surface area contributed by atoms with E-state index in [1.165, 1.54) is 0 Å². The van der Waals surface area contributed by atoms with Gasteiger partial charge < -0.3 is 19.1 Å². The summed E-state index contributed by atoms with van der Waals surface area (Å²) in [4.78, 5) is 26.3. The molecule has 0 unspecified atom stereocenters. The average molecular weight is 495 g/mol. The first-order valence-electron chi connectivity index (χ1n) is 12.7. The summed E-state index contributed by atoms with van der Waals surface area (Å²) >= 11 is 0. The predicted molar refractivity (Wildman–Crippen MR) is 132 cm³/mol. The van der Waals surface area contributed by atoms with Crippen molar-refractivity contribution in [1.82, 2.24) is 19.9 Å². The van der Waals surface area contributed by atoms with Crippen LogP contribution in [0.2, 0.25) is 0 Å². The van der Waals surface area contributed by atoms with Crippen molar-refractivity contribution in [3.8, 4) is 11.8 Å². The molecule has 0 spiro atoms. The van der Waals surface area contributed by atoms with Gasteiger partial charge in [-0.3, -0.25) is 4.79 Å². The van der Waals surface area contributed by atoms with Gasteiger partial charge in [-0.25, -0.2) is 9.48 Å². The van der Waals surface area contributed by atoms with E-state index in [0.717, 1.165) is 50.8 Å². The molecule has 1 aromatic heterocycles. The minimum absolute atomic E-state index is 0.0214. The van der Waals surface area contributed by atoms with Crippen molar-refractivity contribution in [3.63, 3.8) is 0 Å². The molecule has 2 fully saturated rings. The zero-order chi connectivity index (χ0) is 25.3. The molecule has 0 saturated carbocycles. The largest absolute Gasteiger partial charge is 0.509 e. The maximum Gasteiger partial charge on any atom is 0.509 e. The lowest BCUT2D eigenvalue weighted by Gasteiger charge is -2.25. The molecule has 2 aliphatic heterocycles. The second-order valence-electron chi connectivity index (χ2n) is 9.48. The summed E-state index contributed by atoms with van der Waals surface area (Å²) in [6.07, 6.45) is 5.90. The quantitative estimate of drug-likeness (QED) is 0.407. The van der Waals surface area contributed by atoms with Crippen molar-refractivity contribution in [2.75, 3.05) is 19.7 Å². The molecule has 2 aliphatic rings. The molecule has 2 aromatic rings. The van der Waals surface area contributed by atoms with Crippen LogP contribution >= 0.6 is 0 Å². The Labute approximate surface area is 212 Å². The number of benzene rings is 1. The minimum Gasteiger partial charge on any atom is -0.429 e. The van der Waals surface area contributed by atoms with Crippen LogP contribution in [0.1, 0.15) is 63.3 Å². The third-order valence-corrected chi connectivity index (χ3v) is 6.75. The second kappa shape index (κ2) is 12.5. The highest BCUT2D eigenvalue weighted by molar-refractivity contribution is 5.79.